The number of nitrogen functional groups attached to an aromatic ring is 1. The van der Waals surface area contributed by atoms with Gasteiger partial charge in [-0.1, -0.05) is 11.3 Å². The first kappa shape index (κ1) is 12.0. The van der Waals surface area contributed by atoms with Crippen LogP contribution in [0.15, 0.2) is 27.0 Å². The van der Waals surface area contributed by atoms with Crippen molar-refractivity contribution in [3.8, 4) is 0 Å². The Hall–Kier alpha value is -1.47. The lowest BCUT2D eigenvalue weighted by atomic mass is 10.4. The summed E-state index contributed by atoms with van der Waals surface area (Å²) in [6, 6.07) is 3.35. The second-order valence-corrected chi connectivity index (χ2v) is 5.40. The van der Waals surface area contributed by atoms with Gasteiger partial charge in [0, 0.05) is 0 Å². The Morgan fingerprint density at radius 3 is 3.12 bits per heavy atom. The first-order valence-electron chi connectivity index (χ1n) is 4.70. The summed E-state index contributed by atoms with van der Waals surface area (Å²) in [5.74, 6) is 1.08. The monoisotopic (exact) mass is 270 g/mol. The topological polar surface area (TPSA) is 78.3 Å². The third-order valence-electron chi connectivity index (χ3n) is 1.91. The van der Waals surface area contributed by atoms with Gasteiger partial charge in [-0.05, 0) is 12.1 Å². The fraction of sp³-hybridized carbons (Fsp3) is 0.200. The van der Waals surface area contributed by atoms with Crippen LogP contribution in [0.25, 0.3) is 0 Å². The first-order chi connectivity index (χ1) is 8.19. The van der Waals surface area contributed by atoms with Crippen molar-refractivity contribution in [2.75, 3.05) is 12.8 Å². The van der Waals surface area contributed by atoms with E-state index in [0.717, 1.165) is 4.21 Å². The minimum atomic E-state index is -0.469. The number of ether oxygens (including phenoxy) is 1. The van der Waals surface area contributed by atoms with Crippen LogP contribution in [0.5, 0.6) is 0 Å². The van der Waals surface area contributed by atoms with Gasteiger partial charge >= 0.3 is 5.97 Å². The van der Waals surface area contributed by atoms with E-state index >= 15 is 0 Å². The minimum Gasteiger partial charge on any atom is -0.463 e. The smallest absolute Gasteiger partial charge is 0.373 e. The molecule has 5 nitrogen and oxygen atoms in total. The van der Waals surface area contributed by atoms with Crippen molar-refractivity contribution in [1.82, 2.24) is 4.98 Å². The molecule has 0 saturated carbocycles. The van der Waals surface area contributed by atoms with E-state index in [4.69, 9.17) is 10.2 Å². The van der Waals surface area contributed by atoms with Crippen LogP contribution in [0, 0.1) is 0 Å². The fourth-order valence-corrected chi connectivity index (χ4v) is 2.80. The van der Waals surface area contributed by atoms with Crippen molar-refractivity contribution in [2.45, 2.75) is 9.96 Å². The molecule has 0 aliphatic carbocycles. The molecule has 0 bridgehead atoms. The van der Waals surface area contributed by atoms with E-state index in [1.54, 1.807) is 30.1 Å². The summed E-state index contributed by atoms with van der Waals surface area (Å²) in [6.45, 7) is 0. The molecule has 2 aromatic heterocycles. The van der Waals surface area contributed by atoms with Gasteiger partial charge in [0.05, 0.1) is 23.3 Å². The third-order valence-corrected chi connectivity index (χ3v) is 3.95. The molecule has 0 aliphatic heterocycles. The molecule has 0 atom stereocenters. The highest BCUT2D eigenvalue weighted by molar-refractivity contribution is 8.00. The van der Waals surface area contributed by atoms with Crippen molar-refractivity contribution in [3.05, 3.63) is 29.9 Å². The number of nitrogens with two attached hydrogens (primary N) is 1. The molecule has 0 spiro atoms. The molecule has 2 rings (SSSR count). The standard InChI is InChI=1S/C10H10N2O3S2/c1-14-9(13)7-3-2-6(15-7)5-16-8-4-12-10(11)17-8/h2-4H,5H2,1H3,(H2,11,12). The zero-order valence-electron chi connectivity index (χ0n) is 9.00. The van der Waals surface area contributed by atoms with Gasteiger partial charge in [-0.15, -0.1) is 11.8 Å². The van der Waals surface area contributed by atoms with Crippen molar-refractivity contribution < 1.29 is 13.9 Å². The quantitative estimate of drug-likeness (QED) is 0.679. The molecule has 0 radical (unpaired) electrons. The zero-order valence-corrected chi connectivity index (χ0v) is 10.6. The number of rotatable bonds is 4. The van der Waals surface area contributed by atoms with Crippen LogP contribution in [0.2, 0.25) is 0 Å². The summed E-state index contributed by atoms with van der Waals surface area (Å²) in [7, 11) is 1.32. The molecule has 0 unspecified atom stereocenters. The molecule has 2 aromatic rings. The molecule has 0 amide bonds. The summed E-state index contributed by atoms with van der Waals surface area (Å²) in [6.07, 6.45) is 1.72. The molecule has 7 heteroatoms. The molecular weight excluding hydrogens is 260 g/mol. The normalized spacial score (nSPS) is 10.4. The second kappa shape index (κ2) is 5.24. The fourth-order valence-electron chi connectivity index (χ4n) is 1.15. The number of aromatic nitrogens is 1. The van der Waals surface area contributed by atoms with Crippen LogP contribution >= 0.6 is 23.1 Å². The Kier molecular flexibility index (Phi) is 3.70. The van der Waals surface area contributed by atoms with E-state index < -0.39 is 5.97 Å². The predicted octanol–water partition coefficient (Wildman–Crippen LogP) is 2.40. The van der Waals surface area contributed by atoms with Crippen molar-refractivity contribution in [1.29, 1.82) is 0 Å². The van der Waals surface area contributed by atoms with Gasteiger partial charge in [0.1, 0.15) is 5.76 Å². The first-order valence-corrected chi connectivity index (χ1v) is 6.50. The van der Waals surface area contributed by atoms with Crippen LogP contribution in [-0.2, 0) is 10.5 Å². The Labute approximate surface area is 106 Å². The summed E-state index contributed by atoms with van der Waals surface area (Å²) in [4.78, 5) is 15.1. The largest absolute Gasteiger partial charge is 0.463 e. The van der Waals surface area contributed by atoms with E-state index in [1.807, 2.05) is 0 Å². The maximum absolute atomic E-state index is 11.2. The Bertz CT molecular complexity index is 521. The van der Waals surface area contributed by atoms with E-state index in [2.05, 4.69) is 9.72 Å². The minimum absolute atomic E-state index is 0.215. The summed E-state index contributed by atoms with van der Waals surface area (Å²) in [5.41, 5.74) is 5.52. The third kappa shape index (κ3) is 3.01. The Morgan fingerprint density at radius 1 is 1.65 bits per heavy atom. The van der Waals surface area contributed by atoms with Crippen LogP contribution in [0.3, 0.4) is 0 Å². The highest BCUT2D eigenvalue weighted by Gasteiger charge is 2.11. The highest BCUT2D eigenvalue weighted by Crippen LogP contribution is 2.29. The molecule has 0 saturated heterocycles. The van der Waals surface area contributed by atoms with Gasteiger partial charge in [0.15, 0.2) is 5.13 Å². The van der Waals surface area contributed by atoms with Crippen LogP contribution in [0.1, 0.15) is 16.3 Å². The Balaban J connectivity index is 1.95. The molecule has 0 aliphatic rings. The lowest BCUT2D eigenvalue weighted by Crippen LogP contribution is -1.98. The number of thiazole rings is 1. The number of methoxy groups -OCH3 is 1. The van der Waals surface area contributed by atoms with Gasteiger partial charge in [-0.25, -0.2) is 9.78 Å². The molecule has 90 valence electrons. The lowest BCUT2D eigenvalue weighted by Gasteiger charge is -1.95. The highest BCUT2D eigenvalue weighted by atomic mass is 32.2. The molecular formula is C10H10N2O3S2. The van der Waals surface area contributed by atoms with Gasteiger partial charge in [-0.2, -0.15) is 0 Å². The number of thioether (sulfide) groups is 1. The summed E-state index contributed by atoms with van der Waals surface area (Å²) in [5, 5.41) is 0.544. The lowest BCUT2D eigenvalue weighted by molar-refractivity contribution is 0.0563. The number of carbonyl (C=O) groups excluding carboxylic acids is 1. The Morgan fingerprint density at radius 2 is 2.47 bits per heavy atom. The molecule has 2 heterocycles. The van der Waals surface area contributed by atoms with E-state index in [-0.39, 0.29) is 5.76 Å². The molecule has 0 aromatic carbocycles. The molecule has 17 heavy (non-hydrogen) atoms. The number of carbonyl (C=O) groups is 1. The average molecular weight is 270 g/mol. The van der Waals surface area contributed by atoms with Gasteiger partial charge < -0.3 is 14.9 Å². The maximum Gasteiger partial charge on any atom is 0.373 e. The van der Waals surface area contributed by atoms with Gasteiger partial charge in [-0.3, -0.25) is 0 Å². The average Bonchev–Trinajstić information content (AvgIpc) is 2.94. The van der Waals surface area contributed by atoms with Gasteiger partial charge in [0.25, 0.3) is 0 Å². The number of furan rings is 1. The number of hydrogen-bond donors (Lipinski definition) is 1. The van der Waals surface area contributed by atoms with E-state index in [9.17, 15) is 4.79 Å². The summed E-state index contributed by atoms with van der Waals surface area (Å²) >= 11 is 2.98. The number of nitrogens with zero attached hydrogens (tertiary/aromatic N) is 1. The number of hydrogen-bond acceptors (Lipinski definition) is 7. The predicted molar refractivity (Wildman–Crippen MR) is 66.1 cm³/mol. The van der Waals surface area contributed by atoms with Crippen molar-refractivity contribution in [2.24, 2.45) is 0 Å². The summed E-state index contributed by atoms with van der Waals surface area (Å²) < 4.78 is 10.9. The van der Waals surface area contributed by atoms with Gasteiger partial charge in [0.2, 0.25) is 5.76 Å². The maximum atomic E-state index is 11.2. The number of esters is 1. The van der Waals surface area contributed by atoms with Crippen molar-refractivity contribution in [3.63, 3.8) is 0 Å². The molecule has 2 N–H and O–H groups in total. The van der Waals surface area contributed by atoms with Crippen molar-refractivity contribution >= 4 is 34.2 Å². The van der Waals surface area contributed by atoms with Crippen LogP contribution in [-0.4, -0.2) is 18.1 Å². The van der Waals surface area contributed by atoms with Crippen LogP contribution in [0.4, 0.5) is 5.13 Å². The van der Waals surface area contributed by atoms with Crippen LogP contribution < -0.4 is 5.73 Å². The second-order valence-electron chi connectivity index (χ2n) is 3.06. The van der Waals surface area contributed by atoms with E-state index in [0.29, 0.717) is 16.6 Å². The molecule has 0 fully saturated rings. The number of anilines is 1. The SMILES string of the molecule is COC(=O)c1ccc(CSc2cnc(N)s2)o1. The zero-order chi connectivity index (χ0) is 12.3. The van der Waals surface area contributed by atoms with E-state index in [1.165, 1.54) is 18.4 Å².